The van der Waals surface area contributed by atoms with E-state index < -0.39 is 0 Å². The van der Waals surface area contributed by atoms with Gasteiger partial charge in [-0.25, -0.2) is 4.98 Å². The molecule has 0 bridgehead atoms. The van der Waals surface area contributed by atoms with Gasteiger partial charge in [-0.05, 0) is 12.1 Å². The van der Waals surface area contributed by atoms with E-state index >= 15 is 0 Å². The number of nitrogens with zero attached hydrogens (tertiary/aromatic N) is 2. The lowest BCUT2D eigenvalue weighted by molar-refractivity contribution is 0.146. The summed E-state index contributed by atoms with van der Waals surface area (Å²) in [5, 5.41) is 11.4. The Bertz CT molecular complexity index is 341. The zero-order valence-corrected chi connectivity index (χ0v) is 8.38. The first kappa shape index (κ1) is 11.3. The van der Waals surface area contributed by atoms with Crippen molar-refractivity contribution in [2.24, 2.45) is 10.9 Å². The Hall–Kier alpha value is -1.82. The van der Waals surface area contributed by atoms with Gasteiger partial charge in [-0.3, -0.25) is 0 Å². The monoisotopic (exact) mass is 211 g/mol. The van der Waals surface area contributed by atoms with Gasteiger partial charge in [0.1, 0.15) is 12.4 Å². The molecule has 0 fully saturated rings. The van der Waals surface area contributed by atoms with Crippen LogP contribution in [0.2, 0.25) is 0 Å². The third-order valence-corrected chi connectivity index (χ3v) is 1.67. The molecule has 0 aliphatic carbocycles. The standard InChI is InChI=1S/C9H13N3O3/c1-14-5-6-15-7-3-2-4-11-8(7)9(10)12-13/h2-4,13H,5-6H2,1H3,(H2,10,12). The van der Waals surface area contributed by atoms with Crippen molar-refractivity contribution in [2.45, 2.75) is 0 Å². The summed E-state index contributed by atoms with van der Waals surface area (Å²) in [6, 6.07) is 3.40. The lowest BCUT2D eigenvalue weighted by Crippen LogP contribution is -2.17. The fourth-order valence-electron chi connectivity index (χ4n) is 0.982. The minimum absolute atomic E-state index is 0.0805. The average Bonchev–Trinajstić information content (AvgIpc) is 2.29. The number of amidine groups is 1. The van der Waals surface area contributed by atoms with Gasteiger partial charge in [-0.1, -0.05) is 5.16 Å². The maximum absolute atomic E-state index is 8.53. The van der Waals surface area contributed by atoms with E-state index in [2.05, 4.69) is 10.1 Å². The molecule has 0 aliphatic rings. The fourth-order valence-corrected chi connectivity index (χ4v) is 0.982. The Balaban J connectivity index is 2.77. The first-order valence-corrected chi connectivity index (χ1v) is 4.34. The van der Waals surface area contributed by atoms with Crippen molar-refractivity contribution >= 4 is 5.84 Å². The van der Waals surface area contributed by atoms with E-state index in [9.17, 15) is 0 Å². The van der Waals surface area contributed by atoms with E-state index in [1.807, 2.05) is 0 Å². The van der Waals surface area contributed by atoms with Gasteiger partial charge in [0.25, 0.3) is 0 Å². The summed E-state index contributed by atoms with van der Waals surface area (Å²) in [4.78, 5) is 3.95. The number of ether oxygens (including phenoxy) is 2. The lowest BCUT2D eigenvalue weighted by atomic mass is 10.3. The van der Waals surface area contributed by atoms with Crippen LogP contribution in [0.25, 0.3) is 0 Å². The second kappa shape index (κ2) is 5.82. The number of hydrogen-bond acceptors (Lipinski definition) is 5. The third-order valence-electron chi connectivity index (χ3n) is 1.67. The van der Waals surface area contributed by atoms with Gasteiger partial charge in [0.05, 0.1) is 6.61 Å². The number of methoxy groups -OCH3 is 1. The summed E-state index contributed by atoms with van der Waals surface area (Å²) >= 11 is 0. The molecule has 0 aliphatic heterocycles. The molecule has 0 unspecified atom stereocenters. The quantitative estimate of drug-likeness (QED) is 0.239. The number of aromatic nitrogens is 1. The van der Waals surface area contributed by atoms with Crippen LogP contribution in [-0.2, 0) is 4.74 Å². The average molecular weight is 211 g/mol. The van der Waals surface area contributed by atoms with Crippen LogP contribution in [0.4, 0.5) is 0 Å². The number of pyridine rings is 1. The second-order valence-corrected chi connectivity index (χ2v) is 2.68. The number of rotatable bonds is 5. The molecule has 1 aromatic heterocycles. The SMILES string of the molecule is COCCOc1cccnc1/C(N)=N/O. The minimum atomic E-state index is -0.0805. The highest BCUT2D eigenvalue weighted by Gasteiger charge is 2.08. The number of oxime groups is 1. The summed E-state index contributed by atoms with van der Waals surface area (Å²) < 4.78 is 10.2. The highest BCUT2D eigenvalue weighted by atomic mass is 16.5. The van der Waals surface area contributed by atoms with E-state index in [4.69, 9.17) is 20.4 Å². The molecule has 1 aromatic rings. The number of nitrogens with two attached hydrogens (primary N) is 1. The van der Waals surface area contributed by atoms with Crippen molar-refractivity contribution in [3.8, 4) is 5.75 Å². The normalized spacial score (nSPS) is 11.4. The Morgan fingerprint density at radius 3 is 3.07 bits per heavy atom. The maximum atomic E-state index is 8.53. The van der Waals surface area contributed by atoms with Crippen molar-refractivity contribution in [1.82, 2.24) is 4.98 Å². The van der Waals surface area contributed by atoms with Crippen LogP contribution in [0.5, 0.6) is 5.75 Å². The van der Waals surface area contributed by atoms with Crippen molar-refractivity contribution in [1.29, 1.82) is 0 Å². The van der Waals surface area contributed by atoms with Crippen LogP contribution in [0.3, 0.4) is 0 Å². The van der Waals surface area contributed by atoms with E-state index in [1.165, 1.54) is 6.20 Å². The fraction of sp³-hybridized carbons (Fsp3) is 0.333. The molecule has 0 amide bonds. The molecule has 0 atom stereocenters. The molecule has 0 saturated heterocycles. The van der Waals surface area contributed by atoms with Crippen LogP contribution in [-0.4, -0.2) is 36.4 Å². The molecule has 0 spiro atoms. The molecule has 6 nitrogen and oxygen atoms in total. The summed E-state index contributed by atoms with van der Waals surface area (Å²) in [6.45, 7) is 0.846. The zero-order valence-electron chi connectivity index (χ0n) is 8.38. The second-order valence-electron chi connectivity index (χ2n) is 2.68. The van der Waals surface area contributed by atoms with Crippen LogP contribution >= 0.6 is 0 Å². The molecule has 6 heteroatoms. The highest BCUT2D eigenvalue weighted by molar-refractivity contribution is 5.97. The van der Waals surface area contributed by atoms with Gasteiger partial charge in [0.2, 0.25) is 0 Å². The van der Waals surface area contributed by atoms with Gasteiger partial charge in [-0.15, -0.1) is 0 Å². The smallest absolute Gasteiger partial charge is 0.192 e. The van der Waals surface area contributed by atoms with Gasteiger partial charge in [-0.2, -0.15) is 0 Å². The van der Waals surface area contributed by atoms with E-state index in [0.717, 1.165) is 0 Å². The van der Waals surface area contributed by atoms with Crippen molar-refractivity contribution < 1.29 is 14.7 Å². The molecule has 0 aromatic carbocycles. The molecule has 82 valence electrons. The summed E-state index contributed by atoms with van der Waals surface area (Å²) in [7, 11) is 1.58. The molecular formula is C9H13N3O3. The summed E-state index contributed by atoms with van der Waals surface area (Å²) in [6.07, 6.45) is 1.54. The van der Waals surface area contributed by atoms with Crippen molar-refractivity contribution in [3.05, 3.63) is 24.0 Å². The Morgan fingerprint density at radius 2 is 2.40 bits per heavy atom. The minimum Gasteiger partial charge on any atom is -0.489 e. The molecular weight excluding hydrogens is 198 g/mol. The van der Waals surface area contributed by atoms with E-state index in [0.29, 0.717) is 24.7 Å². The van der Waals surface area contributed by atoms with Gasteiger partial charge < -0.3 is 20.4 Å². The van der Waals surface area contributed by atoms with Crippen LogP contribution in [0.15, 0.2) is 23.5 Å². The van der Waals surface area contributed by atoms with Crippen LogP contribution in [0.1, 0.15) is 5.69 Å². The highest BCUT2D eigenvalue weighted by Crippen LogP contribution is 2.14. The lowest BCUT2D eigenvalue weighted by Gasteiger charge is -2.08. The Labute approximate surface area is 87.3 Å². The molecule has 0 saturated carbocycles. The summed E-state index contributed by atoms with van der Waals surface area (Å²) in [5.41, 5.74) is 5.74. The van der Waals surface area contributed by atoms with Crippen molar-refractivity contribution in [2.75, 3.05) is 20.3 Å². The van der Waals surface area contributed by atoms with Gasteiger partial charge >= 0.3 is 0 Å². The predicted octanol–water partition coefficient (Wildman–Crippen LogP) is 0.201. The Kier molecular flexibility index (Phi) is 4.36. The van der Waals surface area contributed by atoms with E-state index in [1.54, 1.807) is 19.2 Å². The predicted molar refractivity (Wildman–Crippen MR) is 54.1 cm³/mol. The van der Waals surface area contributed by atoms with Gasteiger partial charge in [0, 0.05) is 13.3 Å². The maximum Gasteiger partial charge on any atom is 0.192 e. The Morgan fingerprint density at radius 1 is 1.60 bits per heavy atom. The van der Waals surface area contributed by atoms with Crippen LogP contribution < -0.4 is 10.5 Å². The topological polar surface area (TPSA) is 90.0 Å². The molecule has 15 heavy (non-hydrogen) atoms. The third kappa shape index (κ3) is 3.10. The molecule has 0 radical (unpaired) electrons. The van der Waals surface area contributed by atoms with Gasteiger partial charge in [0.15, 0.2) is 11.5 Å². The largest absolute Gasteiger partial charge is 0.489 e. The number of hydrogen-bond donors (Lipinski definition) is 2. The van der Waals surface area contributed by atoms with Crippen LogP contribution in [0, 0.1) is 0 Å². The molecule has 3 N–H and O–H groups in total. The first-order chi connectivity index (χ1) is 7.29. The first-order valence-electron chi connectivity index (χ1n) is 4.34. The zero-order chi connectivity index (χ0) is 11.1. The summed E-state index contributed by atoms with van der Waals surface area (Å²) in [5.74, 6) is 0.382. The van der Waals surface area contributed by atoms with E-state index in [-0.39, 0.29) is 5.84 Å². The molecule has 1 heterocycles. The van der Waals surface area contributed by atoms with Crippen molar-refractivity contribution in [3.63, 3.8) is 0 Å². The molecule has 1 rings (SSSR count).